The number of thiazole rings is 1. The highest BCUT2D eigenvalue weighted by Gasteiger charge is 2.50. The number of nitrogens with zero attached hydrogens (tertiary/aromatic N) is 4. The molecule has 0 amide bonds. The normalized spacial score (nSPS) is 22.1. The molecule has 0 radical (unpaired) electrons. The van der Waals surface area contributed by atoms with Crippen molar-refractivity contribution in [3.8, 4) is 10.6 Å². The summed E-state index contributed by atoms with van der Waals surface area (Å²) in [5.74, 6) is 3.22. The van der Waals surface area contributed by atoms with E-state index in [9.17, 15) is 5.11 Å². The van der Waals surface area contributed by atoms with E-state index in [4.69, 9.17) is 24.4 Å². The Bertz CT molecular complexity index is 1210. The van der Waals surface area contributed by atoms with E-state index in [0.29, 0.717) is 18.2 Å². The van der Waals surface area contributed by atoms with E-state index in [0.717, 1.165) is 50.2 Å². The Hall–Kier alpha value is -2.05. The van der Waals surface area contributed by atoms with E-state index in [2.05, 4.69) is 22.5 Å². The molecule has 0 aliphatic heterocycles. The summed E-state index contributed by atoms with van der Waals surface area (Å²) in [7, 11) is 3.36. The lowest BCUT2D eigenvalue weighted by atomic mass is 9.87. The summed E-state index contributed by atoms with van der Waals surface area (Å²) in [6.45, 7) is 10.5. The van der Waals surface area contributed by atoms with E-state index >= 15 is 0 Å². The third-order valence-electron chi connectivity index (χ3n) is 6.93. The Morgan fingerprint density at radius 2 is 1.89 bits per heavy atom. The molecule has 1 saturated carbocycles. The maximum atomic E-state index is 10.9. The number of fused-ring (bicyclic) bond motifs is 1. The van der Waals surface area contributed by atoms with Crippen molar-refractivity contribution in [2.75, 3.05) is 42.9 Å². The van der Waals surface area contributed by atoms with Crippen molar-refractivity contribution < 1.29 is 14.6 Å². The highest BCUT2D eigenvalue weighted by Crippen LogP contribution is 2.41. The second-order valence-corrected chi connectivity index (χ2v) is 12.3. The average Bonchev–Trinajstić information content (AvgIpc) is 3.43. The first kappa shape index (κ1) is 28.0. The number of pyridine rings is 1. The van der Waals surface area contributed by atoms with E-state index in [1.54, 1.807) is 25.6 Å². The van der Waals surface area contributed by atoms with Gasteiger partial charge in [0.15, 0.2) is 0 Å². The van der Waals surface area contributed by atoms with Crippen LogP contribution >= 0.6 is 23.1 Å². The monoisotopic (exact) mass is 546 g/mol. The van der Waals surface area contributed by atoms with E-state index in [1.165, 1.54) is 0 Å². The summed E-state index contributed by atoms with van der Waals surface area (Å²) in [4.78, 5) is 19.0. The van der Waals surface area contributed by atoms with Crippen LogP contribution in [0.1, 0.15) is 38.6 Å². The maximum Gasteiger partial charge on any atom is 0.224 e. The zero-order chi connectivity index (χ0) is 26.7. The first-order valence-corrected chi connectivity index (χ1v) is 14.6. The standard InChI is InChI=1S/C26H38N6O3S2/c1-8-36-12-11-28-25-29-14(2)19(24-31-20-15(3)27-10-9-18(20)37-24)23(32-25)30-17-13-16(26(4,5)33)21(34-6)22(17)35-7/h9-10,16-17,21-22,33H,8,11-13H2,1-7H3,(H2,28,29,30,32)/t16-,17+,21+,22-/m0/s1. The highest BCUT2D eigenvalue weighted by molar-refractivity contribution is 7.99. The number of aryl methyl sites for hydroxylation is 2. The molecule has 0 spiro atoms. The van der Waals surface area contributed by atoms with Crippen molar-refractivity contribution in [1.82, 2.24) is 19.9 Å². The van der Waals surface area contributed by atoms with Gasteiger partial charge in [-0.15, -0.1) is 11.3 Å². The van der Waals surface area contributed by atoms with Crippen LogP contribution in [0.15, 0.2) is 12.3 Å². The molecule has 37 heavy (non-hydrogen) atoms. The van der Waals surface area contributed by atoms with E-state index < -0.39 is 5.60 Å². The fraction of sp³-hybridized carbons (Fsp3) is 0.615. The molecule has 1 fully saturated rings. The third kappa shape index (κ3) is 6.01. The second kappa shape index (κ2) is 11.8. The molecular formula is C26H38N6O3S2. The van der Waals surface area contributed by atoms with Gasteiger partial charge in [-0.3, -0.25) is 4.98 Å². The molecule has 3 aromatic heterocycles. The zero-order valence-corrected chi connectivity index (χ0v) is 24.3. The third-order valence-corrected chi connectivity index (χ3v) is 8.87. The summed E-state index contributed by atoms with van der Waals surface area (Å²) in [5, 5.41) is 18.7. The highest BCUT2D eigenvalue weighted by atomic mass is 32.2. The molecule has 3 N–H and O–H groups in total. The molecule has 1 aliphatic carbocycles. The number of ether oxygens (including phenoxy) is 2. The summed E-state index contributed by atoms with van der Waals surface area (Å²) < 4.78 is 12.8. The molecule has 1 aliphatic rings. The average molecular weight is 547 g/mol. The smallest absolute Gasteiger partial charge is 0.224 e. The first-order chi connectivity index (χ1) is 17.7. The van der Waals surface area contributed by atoms with Crippen LogP contribution in [-0.2, 0) is 9.47 Å². The van der Waals surface area contributed by atoms with Gasteiger partial charge in [-0.05, 0) is 45.9 Å². The van der Waals surface area contributed by atoms with E-state index in [-0.39, 0.29) is 24.2 Å². The SMILES string of the molecule is CCSCCNc1nc(C)c(-c2nc3c(C)nccc3s2)c(N[C@@H]2C[C@H](C(C)(C)O)[C@@H](OC)[C@H]2OC)n1. The number of nitrogens with one attached hydrogen (secondary N) is 2. The molecular weight excluding hydrogens is 508 g/mol. The topological polar surface area (TPSA) is 114 Å². The van der Waals surface area contributed by atoms with Crippen molar-refractivity contribution in [2.24, 2.45) is 5.92 Å². The lowest BCUT2D eigenvalue weighted by Crippen LogP contribution is -2.42. The number of hydrogen-bond donors (Lipinski definition) is 3. The van der Waals surface area contributed by atoms with Gasteiger partial charge in [-0.1, -0.05) is 6.92 Å². The van der Waals surface area contributed by atoms with Gasteiger partial charge >= 0.3 is 0 Å². The summed E-state index contributed by atoms with van der Waals surface area (Å²) >= 11 is 3.48. The lowest BCUT2D eigenvalue weighted by Gasteiger charge is -2.31. The van der Waals surface area contributed by atoms with Crippen LogP contribution in [0.25, 0.3) is 20.8 Å². The molecule has 202 valence electrons. The van der Waals surface area contributed by atoms with Crippen LogP contribution in [-0.4, -0.2) is 81.2 Å². The van der Waals surface area contributed by atoms with Gasteiger partial charge in [0.1, 0.15) is 22.4 Å². The number of methoxy groups -OCH3 is 2. The Balaban J connectivity index is 1.75. The van der Waals surface area contributed by atoms with Crippen molar-refractivity contribution in [3.05, 3.63) is 23.7 Å². The minimum Gasteiger partial charge on any atom is -0.390 e. The Morgan fingerprint density at radius 1 is 1.14 bits per heavy atom. The van der Waals surface area contributed by atoms with Crippen LogP contribution in [0.5, 0.6) is 0 Å². The molecule has 9 nitrogen and oxygen atoms in total. The number of thioether (sulfide) groups is 1. The Kier molecular flexibility index (Phi) is 8.90. The molecule has 0 aromatic carbocycles. The lowest BCUT2D eigenvalue weighted by molar-refractivity contribution is -0.0871. The minimum absolute atomic E-state index is 0.105. The number of aliphatic hydroxyl groups is 1. The predicted molar refractivity (Wildman–Crippen MR) is 153 cm³/mol. The zero-order valence-electron chi connectivity index (χ0n) is 22.7. The molecule has 0 unspecified atom stereocenters. The van der Waals surface area contributed by atoms with Gasteiger partial charge in [0.2, 0.25) is 5.95 Å². The Labute approximate surface area is 227 Å². The van der Waals surface area contributed by atoms with Crippen LogP contribution in [0.4, 0.5) is 11.8 Å². The minimum atomic E-state index is -0.917. The van der Waals surface area contributed by atoms with Crippen LogP contribution < -0.4 is 10.6 Å². The number of rotatable bonds is 11. The predicted octanol–water partition coefficient (Wildman–Crippen LogP) is 4.53. The van der Waals surface area contributed by atoms with Crippen molar-refractivity contribution >= 4 is 45.1 Å². The van der Waals surface area contributed by atoms with Gasteiger partial charge in [-0.25, -0.2) is 9.97 Å². The van der Waals surface area contributed by atoms with Crippen molar-refractivity contribution in [3.63, 3.8) is 0 Å². The van der Waals surface area contributed by atoms with Crippen LogP contribution in [0, 0.1) is 19.8 Å². The molecule has 0 saturated heterocycles. The molecule has 3 heterocycles. The fourth-order valence-electron chi connectivity index (χ4n) is 5.08. The maximum absolute atomic E-state index is 10.9. The molecule has 3 aromatic rings. The van der Waals surface area contributed by atoms with Crippen LogP contribution in [0.2, 0.25) is 0 Å². The quantitative estimate of drug-likeness (QED) is 0.296. The fourth-order valence-corrected chi connectivity index (χ4v) is 6.73. The van der Waals surface area contributed by atoms with Gasteiger partial charge < -0.3 is 25.2 Å². The molecule has 11 heteroatoms. The van der Waals surface area contributed by atoms with Gasteiger partial charge in [-0.2, -0.15) is 16.7 Å². The first-order valence-electron chi connectivity index (χ1n) is 12.6. The summed E-state index contributed by atoms with van der Waals surface area (Å²) in [6.07, 6.45) is 1.96. The summed E-state index contributed by atoms with van der Waals surface area (Å²) in [6, 6.07) is 1.86. The second-order valence-electron chi connectivity index (χ2n) is 9.89. The Morgan fingerprint density at radius 3 is 2.54 bits per heavy atom. The molecule has 4 atom stereocenters. The van der Waals surface area contributed by atoms with E-state index in [1.807, 2.05) is 51.7 Å². The number of anilines is 2. The van der Waals surface area contributed by atoms with Gasteiger partial charge in [0.05, 0.1) is 39.4 Å². The number of hydrogen-bond acceptors (Lipinski definition) is 11. The molecule has 0 bridgehead atoms. The molecule has 4 rings (SSSR count). The number of aromatic nitrogens is 4. The van der Waals surface area contributed by atoms with Gasteiger partial charge in [0.25, 0.3) is 0 Å². The van der Waals surface area contributed by atoms with Gasteiger partial charge in [0, 0.05) is 38.6 Å². The van der Waals surface area contributed by atoms with Crippen molar-refractivity contribution in [2.45, 2.75) is 64.9 Å². The summed E-state index contributed by atoms with van der Waals surface area (Å²) in [5.41, 5.74) is 2.57. The largest absolute Gasteiger partial charge is 0.390 e. The van der Waals surface area contributed by atoms with Crippen molar-refractivity contribution in [1.29, 1.82) is 0 Å². The van der Waals surface area contributed by atoms with Crippen LogP contribution in [0.3, 0.4) is 0 Å².